The van der Waals surface area contributed by atoms with Crippen LogP contribution in [0.3, 0.4) is 0 Å². The maximum absolute atomic E-state index is 6.25. The lowest BCUT2D eigenvalue weighted by Gasteiger charge is -2.29. The van der Waals surface area contributed by atoms with Gasteiger partial charge in [-0.25, -0.2) is 0 Å². The van der Waals surface area contributed by atoms with Crippen LogP contribution >= 0.6 is 0 Å². The van der Waals surface area contributed by atoms with E-state index < -0.39 is 0 Å². The molecule has 0 aromatic heterocycles. The Hall–Kier alpha value is -1.60. The van der Waals surface area contributed by atoms with E-state index in [2.05, 4.69) is 62.4 Å². The molecule has 1 fully saturated rings. The summed E-state index contributed by atoms with van der Waals surface area (Å²) < 4.78 is 6.25. The summed E-state index contributed by atoms with van der Waals surface area (Å²) in [4.78, 5) is 0. The molecule has 1 nitrogen and oxygen atoms in total. The highest BCUT2D eigenvalue weighted by molar-refractivity contribution is 5.64. The Morgan fingerprint density at radius 3 is 1.93 bits per heavy atom. The third-order valence-electron chi connectivity index (χ3n) is 6.72. The highest BCUT2D eigenvalue weighted by atomic mass is 16.5. The van der Waals surface area contributed by atoms with Crippen LogP contribution in [0.15, 0.2) is 48.5 Å². The summed E-state index contributed by atoms with van der Waals surface area (Å²) in [6.45, 7) is 5.50. The first-order valence-corrected chi connectivity index (χ1v) is 12.6. The Morgan fingerprint density at radius 1 is 0.700 bits per heavy atom. The Bertz CT molecular complexity index is 692. The van der Waals surface area contributed by atoms with Gasteiger partial charge in [-0.15, -0.1) is 0 Å². The number of ether oxygens (including phenoxy) is 1. The number of rotatable bonds is 12. The molecular weight excluding hydrogens is 364 g/mol. The van der Waals surface area contributed by atoms with Crippen molar-refractivity contribution >= 4 is 0 Å². The zero-order valence-corrected chi connectivity index (χ0v) is 19.4. The average molecular weight is 407 g/mol. The van der Waals surface area contributed by atoms with Crippen molar-refractivity contribution < 1.29 is 4.74 Å². The van der Waals surface area contributed by atoms with E-state index in [0.717, 1.165) is 12.5 Å². The maximum atomic E-state index is 6.25. The molecule has 2 aromatic rings. The van der Waals surface area contributed by atoms with Gasteiger partial charge in [-0.1, -0.05) is 107 Å². The third-order valence-corrected chi connectivity index (χ3v) is 6.72. The molecule has 0 radical (unpaired) electrons. The molecule has 164 valence electrons. The van der Waals surface area contributed by atoms with E-state index in [-0.39, 0.29) is 6.10 Å². The van der Waals surface area contributed by atoms with Crippen molar-refractivity contribution in [3.8, 4) is 11.1 Å². The first-order valence-electron chi connectivity index (χ1n) is 12.6. The third kappa shape index (κ3) is 7.27. The number of hydrogen-bond donors (Lipinski definition) is 0. The van der Waals surface area contributed by atoms with Crippen LogP contribution in [0.4, 0.5) is 0 Å². The number of unbranched alkanes of at least 4 members (excludes halogenated alkanes) is 6. The van der Waals surface area contributed by atoms with Gasteiger partial charge in [0.2, 0.25) is 0 Å². The fourth-order valence-electron chi connectivity index (χ4n) is 4.67. The largest absolute Gasteiger partial charge is 0.373 e. The van der Waals surface area contributed by atoms with Crippen molar-refractivity contribution in [2.24, 2.45) is 5.92 Å². The Labute approximate surface area is 185 Å². The molecule has 0 N–H and O–H groups in total. The van der Waals surface area contributed by atoms with Gasteiger partial charge in [0.05, 0.1) is 12.7 Å². The molecule has 1 aliphatic rings. The van der Waals surface area contributed by atoms with Gasteiger partial charge in [0, 0.05) is 0 Å². The Morgan fingerprint density at radius 2 is 1.33 bits per heavy atom. The van der Waals surface area contributed by atoms with Crippen molar-refractivity contribution in [1.29, 1.82) is 0 Å². The molecule has 0 amide bonds. The molecule has 2 aromatic carbocycles. The highest BCUT2D eigenvalue weighted by Gasteiger charge is 2.22. The first-order chi connectivity index (χ1) is 14.8. The standard InChI is InChI=1S/C29H42O/c1-3-5-7-9-11-24-13-16-26(17-14-24)27-18-20-28(21-19-27)29-22-15-25(23-30-29)12-10-8-6-4-2/h13-14,16-21,25,29H,3-12,15,22-23H2,1-2H3. The van der Waals surface area contributed by atoms with Gasteiger partial charge in [0.15, 0.2) is 0 Å². The smallest absolute Gasteiger partial charge is 0.0825 e. The lowest BCUT2D eigenvalue weighted by molar-refractivity contribution is -0.0198. The van der Waals surface area contributed by atoms with Gasteiger partial charge < -0.3 is 4.74 Å². The minimum atomic E-state index is 0.288. The molecule has 1 saturated heterocycles. The fourth-order valence-corrected chi connectivity index (χ4v) is 4.67. The van der Waals surface area contributed by atoms with Crippen LogP contribution < -0.4 is 0 Å². The summed E-state index contributed by atoms with van der Waals surface area (Å²) in [6, 6.07) is 18.3. The van der Waals surface area contributed by atoms with Gasteiger partial charge in [-0.2, -0.15) is 0 Å². The van der Waals surface area contributed by atoms with E-state index in [1.165, 1.54) is 99.3 Å². The minimum Gasteiger partial charge on any atom is -0.373 e. The molecule has 30 heavy (non-hydrogen) atoms. The zero-order valence-electron chi connectivity index (χ0n) is 19.4. The predicted molar refractivity (Wildman–Crippen MR) is 130 cm³/mol. The molecule has 1 aliphatic heterocycles. The van der Waals surface area contributed by atoms with Crippen LogP contribution in [0, 0.1) is 5.92 Å². The average Bonchev–Trinajstić information content (AvgIpc) is 2.81. The minimum absolute atomic E-state index is 0.288. The van der Waals surface area contributed by atoms with E-state index in [1.54, 1.807) is 0 Å². The fraction of sp³-hybridized carbons (Fsp3) is 0.586. The SMILES string of the molecule is CCCCCCc1ccc(-c2ccc(C3CCC(CCCCCC)CO3)cc2)cc1. The number of hydrogen-bond acceptors (Lipinski definition) is 1. The van der Waals surface area contributed by atoms with E-state index in [4.69, 9.17) is 4.74 Å². The van der Waals surface area contributed by atoms with Gasteiger partial charge in [-0.05, 0) is 60.3 Å². The lowest BCUT2D eigenvalue weighted by atomic mass is 9.90. The summed E-state index contributed by atoms with van der Waals surface area (Å²) >= 11 is 0. The second-order valence-electron chi connectivity index (χ2n) is 9.24. The lowest BCUT2D eigenvalue weighted by Crippen LogP contribution is -2.20. The van der Waals surface area contributed by atoms with Crippen LogP contribution in [-0.4, -0.2) is 6.61 Å². The van der Waals surface area contributed by atoms with Gasteiger partial charge >= 0.3 is 0 Å². The quantitative estimate of drug-likeness (QED) is 0.320. The molecule has 2 atom stereocenters. The molecule has 0 saturated carbocycles. The maximum Gasteiger partial charge on any atom is 0.0825 e. The zero-order chi connectivity index (χ0) is 21.0. The molecule has 0 bridgehead atoms. The van der Waals surface area contributed by atoms with E-state index in [9.17, 15) is 0 Å². The van der Waals surface area contributed by atoms with Crippen LogP contribution in [0.5, 0.6) is 0 Å². The summed E-state index contributed by atoms with van der Waals surface area (Å²) in [6.07, 6.45) is 16.1. The summed E-state index contributed by atoms with van der Waals surface area (Å²) in [5, 5.41) is 0. The van der Waals surface area contributed by atoms with Crippen molar-refractivity contribution in [1.82, 2.24) is 0 Å². The molecular formula is C29H42O. The van der Waals surface area contributed by atoms with Crippen molar-refractivity contribution in [3.05, 3.63) is 59.7 Å². The van der Waals surface area contributed by atoms with Gasteiger partial charge in [0.1, 0.15) is 0 Å². The number of benzene rings is 2. The normalized spacial score (nSPS) is 19.1. The molecule has 2 unspecified atom stereocenters. The second-order valence-corrected chi connectivity index (χ2v) is 9.24. The van der Waals surface area contributed by atoms with Gasteiger partial charge in [-0.3, -0.25) is 0 Å². The molecule has 3 rings (SSSR count). The molecule has 1 heteroatoms. The molecule has 0 spiro atoms. The van der Waals surface area contributed by atoms with Crippen molar-refractivity contribution in [3.63, 3.8) is 0 Å². The first kappa shape index (κ1) is 23.1. The summed E-state index contributed by atoms with van der Waals surface area (Å²) in [5.41, 5.74) is 5.43. The molecule has 1 heterocycles. The van der Waals surface area contributed by atoms with Crippen LogP contribution in [-0.2, 0) is 11.2 Å². The van der Waals surface area contributed by atoms with Crippen LogP contribution in [0.1, 0.15) is 102 Å². The Kier molecular flexibility index (Phi) is 9.96. The number of aryl methyl sites for hydroxylation is 1. The summed E-state index contributed by atoms with van der Waals surface area (Å²) in [5.74, 6) is 0.776. The topological polar surface area (TPSA) is 9.23 Å². The predicted octanol–water partition coefficient (Wildman–Crippen LogP) is 8.91. The monoisotopic (exact) mass is 406 g/mol. The van der Waals surface area contributed by atoms with E-state index in [1.807, 2.05) is 0 Å². The van der Waals surface area contributed by atoms with Crippen molar-refractivity contribution in [2.75, 3.05) is 6.61 Å². The highest BCUT2D eigenvalue weighted by Crippen LogP contribution is 2.33. The Balaban J connectivity index is 1.46. The van der Waals surface area contributed by atoms with Crippen LogP contribution in [0.25, 0.3) is 11.1 Å². The van der Waals surface area contributed by atoms with Crippen molar-refractivity contribution in [2.45, 2.75) is 97.0 Å². The van der Waals surface area contributed by atoms with E-state index >= 15 is 0 Å². The summed E-state index contributed by atoms with van der Waals surface area (Å²) in [7, 11) is 0. The second kappa shape index (κ2) is 13.0. The molecule has 0 aliphatic carbocycles. The van der Waals surface area contributed by atoms with Gasteiger partial charge in [0.25, 0.3) is 0 Å². The van der Waals surface area contributed by atoms with Crippen LogP contribution in [0.2, 0.25) is 0 Å². The van der Waals surface area contributed by atoms with E-state index in [0.29, 0.717) is 0 Å².